The van der Waals surface area contributed by atoms with Crippen molar-refractivity contribution in [1.29, 1.82) is 0 Å². The summed E-state index contributed by atoms with van der Waals surface area (Å²) >= 11 is 10.0. The number of nitrogens with one attached hydrogen (secondary N) is 1. The summed E-state index contributed by atoms with van der Waals surface area (Å²) < 4.78 is 33.3. The number of hydrogen-bond donors (Lipinski definition) is 2. The van der Waals surface area contributed by atoms with Gasteiger partial charge in [0.05, 0.1) is 18.3 Å². The Kier molecular flexibility index (Phi) is 4.69. The van der Waals surface area contributed by atoms with E-state index >= 15 is 0 Å². The summed E-state index contributed by atoms with van der Waals surface area (Å²) in [5, 5.41) is 0.343. The van der Waals surface area contributed by atoms with E-state index in [1.54, 1.807) is 0 Å². The summed E-state index contributed by atoms with van der Waals surface area (Å²) in [7, 11) is 1.42. The molecule has 9 heteroatoms. The molecule has 0 unspecified atom stereocenters. The van der Waals surface area contributed by atoms with E-state index in [-0.39, 0.29) is 17.3 Å². The number of methoxy groups -OCH3 is 1. The maximum Gasteiger partial charge on any atom is 0.240 e. The van der Waals surface area contributed by atoms with Gasteiger partial charge < -0.3 is 4.74 Å². The van der Waals surface area contributed by atoms with Gasteiger partial charge in [-0.1, -0.05) is 11.6 Å². The van der Waals surface area contributed by atoms with Crippen molar-refractivity contribution in [2.75, 3.05) is 16.9 Å². The van der Waals surface area contributed by atoms with Gasteiger partial charge in [-0.15, -0.1) is 0 Å². The van der Waals surface area contributed by atoms with Crippen LogP contribution in [-0.4, -0.2) is 17.1 Å². The van der Waals surface area contributed by atoms with Crippen molar-refractivity contribution in [2.24, 2.45) is 0 Å². The summed E-state index contributed by atoms with van der Waals surface area (Å²) in [6, 6.07) is 1.52. The molecule has 0 aliphatic heterocycles. The standard InChI is InChI=1S/C12H11ClF2N4OS/c1-6-8(14)5-16-11(10(6)15)18-19(21)9-3-7(13)4-17-12(9)20-2/h3-5,21H,1-2H3,(H,16,18). The second kappa shape index (κ2) is 6.31. The molecule has 0 atom stereocenters. The highest BCUT2D eigenvalue weighted by molar-refractivity contribution is 7.81. The molecule has 0 saturated heterocycles. The van der Waals surface area contributed by atoms with Crippen molar-refractivity contribution in [3.05, 3.63) is 40.7 Å². The minimum atomic E-state index is -0.817. The highest BCUT2D eigenvalue weighted by Gasteiger charge is 2.16. The van der Waals surface area contributed by atoms with Crippen LogP contribution in [0.25, 0.3) is 0 Å². The number of aromatic nitrogens is 2. The molecule has 0 radical (unpaired) electrons. The molecule has 0 aliphatic carbocycles. The van der Waals surface area contributed by atoms with E-state index in [9.17, 15) is 8.78 Å². The minimum Gasteiger partial charge on any atom is -0.479 e. The number of anilines is 2. The lowest BCUT2D eigenvalue weighted by molar-refractivity contribution is 0.399. The fraction of sp³-hybridized carbons (Fsp3) is 0.167. The van der Waals surface area contributed by atoms with Gasteiger partial charge in [0.1, 0.15) is 11.5 Å². The van der Waals surface area contributed by atoms with Gasteiger partial charge >= 0.3 is 0 Å². The van der Waals surface area contributed by atoms with Gasteiger partial charge in [0.15, 0.2) is 11.6 Å². The molecular weight excluding hydrogens is 322 g/mol. The Morgan fingerprint density at radius 1 is 1.33 bits per heavy atom. The third-order valence-electron chi connectivity index (χ3n) is 2.63. The predicted octanol–water partition coefficient (Wildman–Crippen LogP) is 3.40. The fourth-order valence-corrected chi connectivity index (χ4v) is 1.91. The Morgan fingerprint density at radius 2 is 2.05 bits per heavy atom. The number of hydrogen-bond acceptors (Lipinski definition) is 6. The first kappa shape index (κ1) is 15.6. The van der Waals surface area contributed by atoms with Gasteiger partial charge in [0.25, 0.3) is 0 Å². The summed E-state index contributed by atoms with van der Waals surface area (Å²) in [5.74, 6) is -1.51. The van der Waals surface area contributed by atoms with Crippen LogP contribution in [0.3, 0.4) is 0 Å². The normalized spacial score (nSPS) is 10.4. The number of rotatable bonds is 4. The second-order valence-corrected chi connectivity index (χ2v) is 4.84. The highest BCUT2D eigenvalue weighted by Crippen LogP contribution is 2.30. The molecule has 2 aromatic heterocycles. The topological polar surface area (TPSA) is 50.3 Å². The van der Waals surface area contributed by atoms with E-state index in [2.05, 4.69) is 28.2 Å². The van der Waals surface area contributed by atoms with E-state index in [1.807, 2.05) is 0 Å². The largest absolute Gasteiger partial charge is 0.479 e. The Morgan fingerprint density at radius 3 is 2.71 bits per heavy atom. The average molecular weight is 333 g/mol. The molecule has 0 fully saturated rings. The molecule has 0 saturated carbocycles. The average Bonchev–Trinajstić information content (AvgIpc) is 2.47. The van der Waals surface area contributed by atoms with Crippen LogP contribution in [0.15, 0.2) is 18.5 Å². The number of thiol groups is 1. The monoisotopic (exact) mass is 332 g/mol. The van der Waals surface area contributed by atoms with E-state index < -0.39 is 11.6 Å². The van der Waals surface area contributed by atoms with E-state index in [1.165, 1.54) is 26.3 Å². The van der Waals surface area contributed by atoms with Gasteiger partial charge in [0.2, 0.25) is 5.88 Å². The lowest BCUT2D eigenvalue weighted by atomic mass is 10.2. The maximum absolute atomic E-state index is 13.9. The molecule has 0 aliphatic rings. The summed E-state index contributed by atoms with van der Waals surface area (Å²) in [4.78, 5) is 7.59. The fourth-order valence-electron chi connectivity index (χ4n) is 1.52. The molecule has 0 bridgehead atoms. The number of ether oxygens (including phenoxy) is 1. The molecule has 5 nitrogen and oxygen atoms in total. The predicted molar refractivity (Wildman–Crippen MR) is 79.8 cm³/mol. The van der Waals surface area contributed by atoms with Crippen molar-refractivity contribution in [2.45, 2.75) is 6.92 Å². The Hall–Kier alpha value is -1.80. The summed E-state index contributed by atoms with van der Waals surface area (Å²) in [6.45, 7) is 1.31. The molecule has 0 spiro atoms. The van der Waals surface area contributed by atoms with Crippen LogP contribution in [0.1, 0.15) is 5.56 Å². The van der Waals surface area contributed by atoms with Crippen molar-refractivity contribution in [3.63, 3.8) is 0 Å². The number of pyridine rings is 2. The third kappa shape index (κ3) is 3.27. The van der Waals surface area contributed by atoms with Crippen LogP contribution in [0.2, 0.25) is 5.02 Å². The zero-order valence-corrected chi connectivity index (χ0v) is 12.7. The van der Waals surface area contributed by atoms with E-state index in [0.29, 0.717) is 10.7 Å². The first-order chi connectivity index (χ1) is 9.93. The maximum atomic E-state index is 13.9. The Bertz CT molecular complexity index is 674. The van der Waals surface area contributed by atoms with Gasteiger partial charge in [-0.3, -0.25) is 5.43 Å². The van der Waals surface area contributed by atoms with E-state index in [4.69, 9.17) is 16.3 Å². The van der Waals surface area contributed by atoms with Gasteiger partial charge in [-0.05, 0) is 25.8 Å². The molecule has 112 valence electrons. The van der Waals surface area contributed by atoms with Gasteiger partial charge in [-0.25, -0.2) is 23.2 Å². The number of halogens is 3. The van der Waals surface area contributed by atoms with Crippen molar-refractivity contribution in [1.82, 2.24) is 9.97 Å². The van der Waals surface area contributed by atoms with Crippen LogP contribution in [0.5, 0.6) is 5.88 Å². The molecular formula is C12H11ClF2N4OS. The Balaban J connectivity index is 2.32. The van der Waals surface area contributed by atoms with Crippen LogP contribution < -0.4 is 14.6 Å². The number of hydrazine groups is 1. The van der Waals surface area contributed by atoms with Crippen LogP contribution in [0, 0.1) is 18.6 Å². The Labute approximate surface area is 130 Å². The van der Waals surface area contributed by atoms with Crippen LogP contribution in [-0.2, 0) is 0 Å². The minimum absolute atomic E-state index is 0.148. The summed E-state index contributed by atoms with van der Waals surface area (Å²) in [6.07, 6.45) is 2.31. The number of nitrogens with zero attached hydrogens (tertiary/aromatic N) is 3. The van der Waals surface area contributed by atoms with Crippen LogP contribution >= 0.6 is 24.4 Å². The second-order valence-electron chi connectivity index (χ2n) is 4.00. The first-order valence-electron chi connectivity index (χ1n) is 5.69. The smallest absolute Gasteiger partial charge is 0.240 e. The molecule has 2 rings (SSSR count). The molecule has 2 heterocycles. The van der Waals surface area contributed by atoms with Crippen LogP contribution in [0.4, 0.5) is 20.3 Å². The lowest BCUT2D eigenvalue weighted by Crippen LogP contribution is -2.22. The van der Waals surface area contributed by atoms with Crippen molar-refractivity contribution < 1.29 is 13.5 Å². The van der Waals surface area contributed by atoms with Gasteiger partial charge in [-0.2, -0.15) is 0 Å². The summed E-state index contributed by atoms with van der Waals surface area (Å²) in [5.41, 5.74) is 2.76. The molecule has 21 heavy (non-hydrogen) atoms. The third-order valence-corrected chi connectivity index (χ3v) is 3.16. The zero-order chi connectivity index (χ0) is 15.6. The SMILES string of the molecule is COc1ncc(Cl)cc1N(S)Nc1ncc(F)c(C)c1F. The lowest BCUT2D eigenvalue weighted by Gasteiger charge is -2.21. The quantitative estimate of drug-likeness (QED) is 0.664. The van der Waals surface area contributed by atoms with Crippen molar-refractivity contribution >= 4 is 35.9 Å². The van der Waals surface area contributed by atoms with E-state index in [0.717, 1.165) is 10.6 Å². The first-order valence-corrected chi connectivity index (χ1v) is 6.47. The van der Waals surface area contributed by atoms with Crippen molar-refractivity contribution in [3.8, 4) is 5.88 Å². The van der Waals surface area contributed by atoms with Gasteiger partial charge in [0, 0.05) is 11.8 Å². The molecule has 0 amide bonds. The molecule has 2 aromatic rings. The molecule has 1 N–H and O–H groups in total. The highest BCUT2D eigenvalue weighted by atomic mass is 35.5. The molecule has 0 aromatic carbocycles. The zero-order valence-electron chi connectivity index (χ0n) is 11.1.